The lowest BCUT2D eigenvalue weighted by atomic mass is 10.0. The summed E-state index contributed by atoms with van der Waals surface area (Å²) in [6.45, 7) is 7.72. The number of sulfonamides is 1. The number of nitrogens with one attached hydrogen (secondary N) is 2. The van der Waals surface area contributed by atoms with Crippen molar-refractivity contribution in [1.29, 1.82) is 0 Å². The first kappa shape index (κ1) is 22.6. The van der Waals surface area contributed by atoms with E-state index in [1.165, 1.54) is 5.56 Å². The Balaban J connectivity index is 1.77. The molecule has 31 heavy (non-hydrogen) atoms. The molecule has 2 N–H and O–H groups in total. The van der Waals surface area contributed by atoms with Crippen LogP contribution in [-0.2, 0) is 16.4 Å². The highest BCUT2D eigenvalue weighted by Crippen LogP contribution is 2.22. The fourth-order valence-electron chi connectivity index (χ4n) is 3.20. The second-order valence-electron chi connectivity index (χ2n) is 7.74. The maximum Gasteiger partial charge on any atom is 0.261 e. The summed E-state index contributed by atoms with van der Waals surface area (Å²) in [5, 5.41) is 2.98. The number of hydrogen-bond donors (Lipinski definition) is 2. The van der Waals surface area contributed by atoms with E-state index in [4.69, 9.17) is 0 Å². The number of amides is 1. The van der Waals surface area contributed by atoms with Gasteiger partial charge >= 0.3 is 0 Å². The van der Waals surface area contributed by atoms with Gasteiger partial charge in [-0.15, -0.1) is 0 Å². The summed E-state index contributed by atoms with van der Waals surface area (Å²) >= 11 is 0. The molecule has 0 bridgehead atoms. The number of benzene rings is 3. The second-order valence-corrected chi connectivity index (χ2v) is 9.42. The Labute approximate surface area is 184 Å². The van der Waals surface area contributed by atoms with E-state index in [1.54, 1.807) is 49.4 Å². The third-order valence-electron chi connectivity index (χ3n) is 5.31. The van der Waals surface area contributed by atoms with Crippen molar-refractivity contribution >= 4 is 21.6 Å². The summed E-state index contributed by atoms with van der Waals surface area (Å²) in [6.07, 6.45) is 0.964. The molecule has 0 fully saturated rings. The molecular weight excluding hydrogens is 408 g/mol. The van der Waals surface area contributed by atoms with Crippen LogP contribution in [0.5, 0.6) is 0 Å². The fraction of sp³-hybridized carbons (Fsp3) is 0.240. The highest BCUT2D eigenvalue weighted by atomic mass is 32.2. The number of hydrogen-bond acceptors (Lipinski definition) is 3. The highest BCUT2D eigenvalue weighted by Gasteiger charge is 2.17. The number of rotatable bonds is 7. The zero-order chi connectivity index (χ0) is 22.6. The lowest BCUT2D eigenvalue weighted by Crippen LogP contribution is -2.26. The van der Waals surface area contributed by atoms with Gasteiger partial charge in [0, 0.05) is 5.56 Å². The fourth-order valence-corrected chi connectivity index (χ4v) is 4.32. The van der Waals surface area contributed by atoms with Gasteiger partial charge in [0.2, 0.25) is 0 Å². The third-order valence-corrected chi connectivity index (χ3v) is 6.69. The molecule has 5 nitrogen and oxygen atoms in total. The van der Waals surface area contributed by atoms with Crippen molar-refractivity contribution in [3.8, 4) is 0 Å². The first-order valence-electron chi connectivity index (χ1n) is 10.3. The van der Waals surface area contributed by atoms with Gasteiger partial charge in [-0.05, 0) is 68.1 Å². The van der Waals surface area contributed by atoms with Gasteiger partial charge in [0.25, 0.3) is 15.9 Å². The smallest absolute Gasteiger partial charge is 0.261 e. The van der Waals surface area contributed by atoms with Crippen LogP contribution in [0.2, 0.25) is 0 Å². The number of carbonyl (C=O) groups is 1. The first-order valence-corrected chi connectivity index (χ1v) is 11.8. The summed E-state index contributed by atoms with van der Waals surface area (Å²) in [5.74, 6) is -0.261. The molecule has 0 aliphatic carbocycles. The van der Waals surface area contributed by atoms with E-state index in [0.29, 0.717) is 11.3 Å². The average Bonchev–Trinajstić information content (AvgIpc) is 2.75. The van der Waals surface area contributed by atoms with Gasteiger partial charge in [0.05, 0.1) is 16.6 Å². The van der Waals surface area contributed by atoms with Crippen molar-refractivity contribution in [2.75, 3.05) is 4.72 Å². The predicted octanol–water partition coefficient (Wildman–Crippen LogP) is 5.16. The lowest BCUT2D eigenvalue weighted by molar-refractivity contribution is 0.0940. The topological polar surface area (TPSA) is 75.3 Å². The Kier molecular flexibility index (Phi) is 6.81. The Morgan fingerprint density at radius 2 is 1.58 bits per heavy atom. The normalized spacial score (nSPS) is 12.3. The van der Waals surface area contributed by atoms with Gasteiger partial charge in [0.1, 0.15) is 0 Å². The van der Waals surface area contributed by atoms with Gasteiger partial charge in [-0.2, -0.15) is 0 Å². The maximum absolute atomic E-state index is 12.8. The predicted molar refractivity (Wildman–Crippen MR) is 125 cm³/mol. The van der Waals surface area contributed by atoms with E-state index >= 15 is 0 Å². The second kappa shape index (κ2) is 9.35. The summed E-state index contributed by atoms with van der Waals surface area (Å²) in [6, 6.07) is 19.6. The van der Waals surface area contributed by atoms with E-state index in [9.17, 15) is 13.2 Å². The molecule has 0 saturated carbocycles. The molecule has 1 atom stereocenters. The van der Waals surface area contributed by atoms with E-state index in [-0.39, 0.29) is 16.8 Å². The molecule has 6 heteroatoms. The van der Waals surface area contributed by atoms with Gasteiger partial charge in [-0.25, -0.2) is 8.42 Å². The zero-order valence-corrected chi connectivity index (χ0v) is 19.1. The van der Waals surface area contributed by atoms with E-state index in [1.807, 2.05) is 26.0 Å². The quantitative estimate of drug-likeness (QED) is 0.537. The minimum absolute atomic E-state index is 0.174. The summed E-state index contributed by atoms with van der Waals surface area (Å²) in [7, 11) is -3.75. The number of aryl methyl sites for hydroxylation is 3. The molecule has 0 unspecified atom stereocenters. The molecule has 0 aliphatic heterocycles. The minimum Gasteiger partial charge on any atom is -0.346 e. The van der Waals surface area contributed by atoms with E-state index in [2.05, 4.69) is 29.1 Å². The van der Waals surface area contributed by atoms with Crippen LogP contribution in [0.3, 0.4) is 0 Å². The molecule has 3 aromatic carbocycles. The molecular formula is C25H28N2O3S. The molecule has 0 radical (unpaired) electrons. The van der Waals surface area contributed by atoms with Crippen molar-refractivity contribution in [3.63, 3.8) is 0 Å². The van der Waals surface area contributed by atoms with Crippen LogP contribution >= 0.6 is 0 Å². The minimum atomic E-state index is -3.75. The molecule has 1 amide bonds. The Morgan fingerprint density at radius 3 is 2.19 bits per heavy atom. The Bertz CT molecular complexity index is 1170. The van der Waals surface area contributed by atoms with Crippen molar-refractivity contribution < 1.29 is 13.2 Å². The van der Waals surface area contributed by atoms with Crippen molar-refractivity contribution in [2.45, 2.75) is 45.1 Å². The standard InChI is InChI=1S/C25H28N2O3S/c1-5-20-9-12-21(13-10-20)19(4)26-25(28)22-11-8-18(3)24(16-22)27-31(29,30)23-14-6-17(2)7-15-23/h6-16,19,27H,5H2,1-4H3,(H,26,28)/t19-/m0/s1. The molecule has 162 valence electrons. The summed E-state index contributed by atoms with van der Waals surface area (Å²) in [4.78, 5) is 13.0. The summed E-state index contributed by atoms with van der Waals surface area (Å²) < 4.78 is 28.1. The SMILES string of the molecule is CCc1ccc([C@H](C)NC(=O)c2ccc(C)c(NS(=O)(=O)c3ccc(C)cc3)c2)cc1. The third kappa shape index (κ3) is 5.52. The van der Waals surface area contributed by atoms with Crippen molar-refractivity contribution in [1.82, 2.24) is 5.32 Å². The maximum atomic E-state index is 12.8. The zero-order valence-electron chi connectivity index (χ0n) is 18.3. The molecule has 0 aliphatic rings. The van der Waals surface area contributed by atoms with Crippen molar-refractivity contribution in [2.24, 2.45) is 0 Å². The molecule has 3 rings (SSSR count). The molecule has 0 saturated heterocycles. The van der Waals surface area contributed by atoms with Crippen LogP contribution in [0.15, 0.2) is 71.6 Å². The van der Waals surface area contributed by atoms with Gasteiger partial charge < -0.3 is 5.32 Å². The van der Waals surface area contributed by atoms with Gasteiger partial charge in [0.15, 0.2) is 0 Å². The molecule has 0 heterocycles. The number of carbonyl (C=O) groups excluding carboxylic acids is 1. The monoisotopic (exact) mass is 436 g/mol. The van der Waals surface area contributed by atoms with Crippen LogP contribution in [0.1, 0.15) is 52.5 Å². The largest absolute Gasteiger partial charge is 0.346 e. The number of anilines is 1. The molecule has 3 aromatic rings. The van der Waals surface area contributed by atoms with Crippen LogP contribution < -0.4 is 10.0 Å². The first-order chi connectivity index (χ1) is 14.7. The van der Waals surface area contributed by atoms with Gasteiger partial charge in [-0.1, -0.05) is 55.0 Å². The molecule has 0 aromatic heterocycles. The van der Waals surface area contributed by atoms with E-state index < -0.39 is 10.0 Å². The Hall–Kier alpha value is -3.12. The van der Waals surface area contributed by atoms with Crippen molar-refractivity contribution in [3.05, 3.63) is 94.5 Å². The molecule has 0 spiro atoms. The lowest BCUT2D eigenvalue weighted by Gasteiger charge is -2.16. The van der Waals surface area contributed by atoms with Crippen LogP contribution in [0.4, 0.5) is 5.69 Å². The highest BCUT2D eigenvalue weighted by molar-refractivity contribution is 7.92. The van der Waals surface area contributed by atoms with Crippen LogP contribution in [0.25, 0.3) is 0 Å². The van der Waals surface area contributed by atoms with Crippen LogP contribution in [0, 0.1) is 13.8 Å². The average molecular weight is 437 g/mol. The van der Waals surface area contributed by atoms with Crippen LogP contribution in [-0.4, -0.2) is 14.3 Å². The van der Waals surface area contributed by atoms with Gasteiger partial charge in [-0.3, -0.25) is 9.52 Å². The Morgan fingerprint density at radius 1 is 0.935 bits per heavy atom. The van der Waals surface area contributed by atoms with E-state index in [0.717, 1.165) is 23.1 Å². The summed E-state index contributed by atoms with van der Waals surface area (Å²) in [5.41, 5.74) is 4.74.